The Balaban J connectivity index is 1.75. The van der Waals surface area contributed by atoms with Crippen molar-refractivity contribution >= 4 is 35.5 Å². The highest BCUT2D eigenvalue weighted by Crippen LogP contribution is 2.23. The van der Waals surface area contributed by atoms with Crippen LogP contribution in [0, 0.1) is 11.8 Å². The molecule has 0 radical (unpaired) electrons. The van der Waals surface area contributed by atoms with Crippen molar-refractivity contribution in [1.82, 2.24) is 29.5 Å². The number of carbonyl (C=O) groups excluding carboxylic acids is 2. The van der Waals surface area contributed by atoms with E-state index in [1.807, 2.05) is 29.8 Å². The Morgan fingerprint density at radius 2 is 2.00 bits per heavy atom. The second-order valence-electron chi connectivity index (χ2n) is 7.66. The number of aromatic nitrogens is 5. The third-order valence-corrected chi connectivity index (χ3v) is 5.41. The largest absolute Gasteiger partial charge is 0.381 e. The van der Waals surface area contributed by atoms with Gasteiger partial charge in [-0.2, -0.15) is 0 Å². The molecule has 1 aromatic carbocycles. The van der Waals surface area contributed by atoms with E-state index in [-0.39, 0.29) is 11.4 Å². The molecular weight excluding hydrogens is 444 g/mol. The van der Waals surface area contributed by atoms with Gasteiger partial charge in [0.15, 0.2) is 11.5 Å². The fourth-order valence-corrected chi connectivity index (χ4v) is 3.66. The summed E-state index contributed by atoms with van der Waals surface area (Å²) < 4.78 is 3.25. The van der Waals surface area contributed by atoms with Crippen molar-refractivity contribution in [3.8, 4) is 11.8 Å². The van der Waals surface area contributed by atoms with Crippen LogP contribution in [0.5, 0.6) is 0 Å². The highest BCUT2D eigenvalue weighted by atomic mass is 16.2. The third kappa shape index (κ3) is 4.60. The first-order valence-corrected chi connectivity index (χ1v) is 10.8. The molecule has 0 aliphatic carbocycles. The Kier molecular flexibility index (Phi) is 6.59. The maximum atomic E-state index is 13.3. The minimum absolute atomic E-state index is 0.0566. The summed E-state index contributed by atoms with van der Waals surface area (Å²) in [6.45, 7) is 3.52. The molecule has 10 heteroatoms. The number of para-hydroxylation sites is 1. The van der Waals surface area contributed by atoms with E-state index >= 15 is 0 Å². The first kappa shape index (κ1) is 23.3. The SMILES string of the molecule is CC#Cc1cnc(/C=C(/C(C)NC(=O)c2c(N)nn3cccnc23)N(C=O)c2ccccc2)n1C. The number of hydrogen-bond donors (Lipinski definition) is 2. The minimum Gasteiger partial charge on any atom is -0.381 e. The van der Waals surface area contributed by atoms with Crippen LogP contribution in [0.15, 0.2) is 60.7 Å². The number of rotatable bonds is 7. The lowest BCUT2D eigenvalue weighted by Crippen LogP contribution is -2.40. The maximum absolute atomic E-state index is 13.3. The van der Waals surface area contributed by atoms with Crippen LogP contribution >= 0.6 is 0 Å². The Hall–Kier alpha value is -4.91. The first-order chi connectivity index (χ1) is 16.9. The quantitative estimate of drug-likeness (QED) is 0.317. The smallest absolute Gasteiger partial charge is 0.259 e. The molecular formula is C25H24N8O2. The monoisotopic (exact) mass is 468 g/mol. The molecule has 0 aliphatic rings. The molecule has 0 saturated carbocycles. The second kappa shape index (κ2) is 9.93. The van der Waals surface area contributed by atoms with Gasteiger partial charge in [-0.3, -0.25) is 14.5 Å². The van der Waals surface area contributed by atoms with Gasteiger partial charge in [0.1, 0.15) is 17.1 Å². The summed E-state index contributed by atoms with van der Waals surface area (Å²) in [5, 5.41) is 7.07. The predicted molar refractivity (Wildman–Crippen MR) is 133 cm³/mol. The van der Waals surface area contributed by atoms with Crippen LogP contribution in [0.4, 0.5) is 11.5 Å². The molecule has 0 saturated heterocycles. The molecule has 4 rings (SSSR count). The van der Waals surface area contributed by atoms with Gasteiger partial charge in [0.05, 0.1) is 17.9 Å². The molecule has 0 fully saturated rings. The molecule has 0 spiro atoms. The Morgan fingerprint density at radius 3 is 2.71 bits per heavy atom. The predicted octanol–water partition coefficient (Wildman–Crippen LogP) is 2.24. The van der Waals surface area contributed by atoms with E-state index in [2.05, 4.69) is 32.2 Å². The average molecular weight is 469 g/mol. The number of nitrogens with one attached hydrogen (secondary N) is 1. The number of nitrogens with two attached hydrogens (primary N) is 1. The molecule has 3 aromatic heterocycles. The van der Waals surface area contributed by atoms with Gasteiger partial charge in [0.2, 0.25) is 6.41 Å². The molecule has 35 heavy (non-hydrogen) atoms. The lowest BCUT2D eigenvalue weighted by Gasteiger charge is -2.26. The average Bonchev–Trinajstić information content (AvgIpc) is 3.38. The zero-order chi connectivity index (χ0) is 24.9. The van der Waals surface area contributed by atoms with Gasteiger partial charge in [0.25, 0.3) is 5.91 Å². The van der Waals surface area contributed by atoms with E-state index in [1.165, 1.54) is 9.42 Å². The highest BCUT2D eigenvalue weighted by Gasteiger charge is 2.25. The topological polar surface area (TPSA) is 123 Å². The summed E-state index contributed by atoms with van der Waals surface area (Å²) in [6.07, 6.45) is 7.31. The van der Waals surface area contributed by atoms with Crippen molar-refractivity contribution in [3.63, 3.8) is 0 Å². The molecule has 0 aliphatic heterocycles. The van der Waals surface area contributed by atoms with Crippen LogP contribution in [0.1, 0.15) is 35.7 Å². The van der Waals surface area contributed by atoms with Crippen molar-refractivity contribution < 1.29 is 9.59 Å². The van der Waals surface area contributed by atoms with E-state index in [4.69, 9.17) is 5.73 Å². The maximum Gasteiger partial charge on any atom is 0.259 e. The van der Waals surface area contributed by atoms with Gasteiger partial charge in [-0.15, -0.1) is 5.10 Å². The van der Waals surface area contributed by atoms with E-state index in [0.29, 0.717) is 29.3 Å². The Bertz CT molecular complexity index is 1470. The van der Waals surface area contributed by atoms with Crippen molar-refractivity contribution in [2.24, 2.45) is 7.05 Å². The Morgan fingerprint density at radius 1 is 1.23 bits per heavy atom. The summed E-state index contributed by atoms with van der Waals surface area (Å²) in [7, 11) is 1.83. The van der Waals surface area contributed by atoms with Gasteiger partial charge in [-0.25, -0.2) is 14.5 Å². The molecule has 2 amide bonds. The number of benzene rings is 1. The lowest BCUT2D eigenvalue weighted by molar-refractivity contribution is -0.107. The molecule has 1 atom stereocenters. The fraction of sp³-hybridized carbons (Fsp3) is 0.160. The van der Waals surface area contributed by atoms with Crippen LogP contribution in [0.25, 0.3) is 11.7 Å². The number of fused-ring (bicyclic) bond motifs is 1. The van der Waals surface area contributed by atoms with Gasteiger partial charge in [0, 0.05) is 31.2 Å². The molecule has 3 heterocycles. The molecule has 10 nitrogen and oxygen atoms in total. The summed E-state index contributed by atoms with van der Waals surface area (Å²) in [6, 6.07) is 10.2. The van der Waals surface area contributed by atoms with Gasteiger partial charge >= 0.3 is 0 Å². The minimum atomic E-state index is -0.622. The van der Waals surface area contributed by atoms with Crippen LogP contribution in [-0.2, 0) is 11.8 Å². The van der Waals surface area contributed by atoms with Crippen molar-refractivity contribution in [1.29, 1.82) is 0 Å². The summed E-state index contributed by atoms with van der Waals surface area (Å²) in [5.41, 5.74) is 8.36. The van der Waals surface area contributed by atoms with Crippen LogP contribution in [-0.4, -0.2) is 42.5 Å². The van der Waals surface area contributed by atoms with Gasteiger partial charge < -0.3 is 15.6 Å². The van der Waals surface area contributed by atoms with Gasteiger partial charge in [-0.1, -0.05) is 24.1 Å². The highest BCUT2D eigenvalue weighted by molar-refractivity contribution is 6.04. The first-order valence-electron chi connectivity index (χ1n) is 10.8. The summed E-state index contributed by atoms with van der Waals surface area (Å²) in [4.78, 5) is 35.6. The van der Waals surface area contributed by atoms with E-state index in [1.54, 1.807) is 56.7 Å². The van der Waals surface area contributed by atoms with Crippen LogP contribution < -0.4 is 16.0 Å². The molecule has 1 unspecified atom stereocenters. The fourth-order valence-electron chi connectivity index (χ4n) is 3.66. The van der Waals surface area contributed by atoms with Crippen molar-refractivity contribution in [2.75, 3.05) is 10.6 Å². The summed E-state index contributed by atoms with van der Waals surface area (Å²) >= 11 is 0. The standard InChI is InChI=1S/C25H24N8O2/c1-4-9-19-15-28-21(31(19)3)14-20(32(16-34)18-10-6-5-7-11-18)17(2)29-25(35)22-23(26)30-33-13-8-12-27-24(22)33/h5-8,10-17H,1-3H3,(H2,26,30)(H,29,35)/b20-14-. The lowest BCUT2D eigenvalue weighted by atomic mass is 10.1. The zero-order valence-corrected chi connectivity index (χ0v) is 19.5. The summed E-state index contributed by atoms with van der Waals surface area (Å²) in [5.74, 6) is 6.00. The Labute approximate surface area is 202 Å². The molecule has 3 N–H and O–H groups in total. The zero-order valence-electron chi connectivity index (χ0n) is 19.5. The van der Waals surface area contributed by atoms with E-state index in [0.717, 1.165) is 5.69 Å². The van der Waals surface area contributed by atoms with Crippen LogP contribution in [0.3, 0.4) is 0 Å². The number of carbonyl (C=O) groups is 2. The second-order valence-corrected chi connectivity index (χ2v) is 7.66. The van der Waals surface area contributed by atoms with E-state index in [9.17, 15) is 9.59 Å². The number of imidazole rings is 1. The van der Waals surface area contributed by atoms with Crippen molar-refractivity contribution in [3.05, 3.63) is 77.8 Å². The number of amides is 2. The van der Waals surface area contributed by atoms with Gasteiger partial charge in [-0.05, 0) is 38.0 Å². The molecule has 176 valence electrons. The van der Waals surface area contributed by atoms with Crippen LogP contribution in [0.2, 0.25) is 0 Å². The third-order valence-electron chi connectivity index (χ3n) is 5.41. The molecule has 4 aromatic rings. The number of hydrogen-bond acceptors (Lipinski definition) is 6. The molecule has 0 bridgehead atoms. The normalized spacial score (nSPS) is 12.0. The van der Waals surface area contributed by atoms with Crippen molar-refractivity contribution in [2.45, 2.75) is 19.9 Å². The number of nitrogens with zero attached hydrogens (tertiary/aromatic N) is 6. The number of nitrogen functional groups attached to an aromatic ring is 1. The van der Waals surface area contributed by atoms with E-state index < -0.39 is 11.9 Å². The number of anilines is 2.